The smallest absolute Gasteiger partial charge is 0.257 e. The first kappa shape index (κ1) is 20.9. The third-order valence-corrected chi connectivity index (χ3v) is 4.48. The molecular formula is C22H28N2O2S. The van der Waals surface area contributed by atoms with Gasteiger partial charge in [0.15, 0.2) is 5.11 Å². The van der Waals surface area contributed by atoms with Crippen LogP contribution in [0.25, 0.3) is 0 Å². The molecule has 0 radical (unpaired) electrons. The maximum Gasteiger partial charge on any atom is 0.257 e. The molecular weight excluding hydrogens is 356 g/mol. The molecule has 2 rings (SSSR count). The number of benzene rings is 2. The molecule has 1 atom stereocenters. The Morgan fingerprint density at radius 2 is 1.74 bits per heavy atom. The summed E-state index contributed by atoms with van der Waals surface area (Å²) in [7, 11) is 0. The highest BCUT2D eigenvalue weighted by molar-refractivity contribution is 7.80. The quantitative estimate of drug-likeness (QED) is 0.631. The summed E-state index contributed by atoms with van der Waals surface area (Å²) in [5.41, 5.74) is 2.64. The van der Waals surface area contributed by atoms with Crippen LogP contribution >= 0.6 is 12.2 Å². The number of hydrogen-bond acceptors (Lipinski definition) is 3. The minimum atomic E-state index is -0.246. The van der Waals surface area contributed by atoms with E-state index < -0.39 is 0 Å². The largest absolute Gasteiger partial charge is 0.493 e. The van der Waals surface area contributed by atoms with Crippen LogP contribution in [0.15, 0.2) is 48.5 Å². The van der Waals surface area contributed by atoms with Gasteiger partial charge in [0, 0.05) is 11.3 Å². The SMILES string of the molecule is CCC(C)c1ccccc1NC(=S)NC(=O)c1ccc(OCC(C)C)cc1. The van der Waals surface area contributed by atoms with Crippen LogP contribution in [0.5, 0.6) is 5.75 Å². The van der Waals surface area contributed by atoms with Crippen LogP contribution in [-0.4, -0.2) is 17.6 Å². The maximum absolute atomic E-state index is 12.4. The number of rotatable bonds is 7. The molecule has 0 spiro atoms. The molecule has 0 saturated carbocycles. The van der Waals surface area contributed by atoms with Crippen LogP contribution in [0.1, 0.15) is 56.0 Å². The lowest BCUT2D eigenvalue weighted by Gasteiger charge is -2.17. The molecule has 0 bridgehead atoms. The second kappa shape index (κ2) is 10.1. The van der Waals surface area contributed by atoms with Gasteiger partial charge in [0.1, 0.15) is 5.75 Å². The van der Waals surface area contributed by atoms with Gasteiger partial charge in [0.05, 0.1) is 6.61 Å². The van der Waals surface area contributed by atoms with E-state index in [0.717, 1.165) is 17.9 Å². The fourth-order valence-corrected chi connectivity index (χ4v) is 2.76. The van der Waals surface area contributed by atoms with Gasteiger partial charge in [-0.1, -0.05) is 45.9 Å². The lowest BCUT2D eigenvalue weighted by Crippen LogP contribution is -2.34. The lowest BCUT2D eigenvalue weighted by molar-refractivity contribution is 0.0977. The summed E-state index contributed by atoms with van der Waals surface area (Å²) >= 11 is 5.32. The van der Waals surface area contributed by atoms with Crippen molar-refractivity contribution in [1.29, 1.82) is 0 Å². The van der Waals surface area contributed by atoms with Gasteiger partial charge < -0.3 is 10.1 Å². The molecule has 0 saturated heterocycles. The van der Waals surface area contributed by atoms with Gasteiger partial charge in [-0.3, -0.25) is 10.1 Å². The van der Waals surface area contributed by atoms with Crippen molar-refractivity contribution in [2.24, 2.45) is 5.92 Å². The Kier molecular flexibility index (Phi) is 7.80. The van der Waals surface area contributed by atoms with Gasteiger partial charge in [0.2, 0.25) is 0 Å². The number of carbonyl (C=O) groups excluding carboxylic acids is 1. The van der Waals surface area contributed by atoms with E-state index in [9.17, 15) is 4.79 Å². The average molecular weight is 385 g/mol. The van der Waals surface area contributed by atoms with Crippen molar-refractivity contribution in [3.05, 3.63) is 59.7 Å². The molecule has 0 aliphatic carbocycles. The topological polar surface area (TPSA) is 50.4 Å². The molecule has 0 heterocycles. The van der Waals surface area contributed by atoms with E-state index in [1.54, 1.807) is 24.3 Å². The van der Waals surface area contributed by atoms with E-state index in [1.807, 2.05) is 18.2 Å². The number of hydrogen-bond donors (Lipinski definition) is 2. The third kappa shape index (κ3) is 6.36. The number of anilines is 1. The van der Waals surface area contributed by atoms with Crippen molar-refractivity contribution in [3.8, 4) is 5.75 Å². The number of thiocarbonyl (C=S) groups is 1. The van der Waals surface area contributed by atoms with Crippen molar-refractivity contribution in [2.45, 2.75) is 40.0 Å². The van der Waals surface area contributed by atoms with E-state index in [4.69, 9.17) is 17.0 Å². The second-order valence-electron chi connectivity index (χ2n) is 7.03. The van der Waals surface area contributed by atoms with Crippen LogP contribution in [0.3, 0.4) is 0 Å². The Labute approximate surface area is 167 Å². The maximum atomic E-state index is 12.4. The van der Waals surface area contributed by atoms with Crippen LogP contribution in [0, 0.1) is 5.92 Å². The predicted octanol–water partition coefficient (Wildman–Crippen LogP) is 5.36. The molecule has 2 N–H and O–H groups in total. The van der Waals surface area contributed by atoms with Crippen LogP contribution in [0.4, 0.5) is 5.69 Å². The van der Waals surface area contributed by atoms with Crippen molar-refractivity contribution in [3.63, 3.8) is 0 Å². The van der Waals surface area contributed by atoms with Gasteiger partial charge >= 0.3 is 0 Å². The average Bonchev–Trinajstić information content (AvgIpc) is 2.66. The van der Waals surface area contributed by atoms with Crippen LogP contribution in [0.2, 0.25) is 0 Å². The highest BCUT2D eigenvalue weighted by Gasteiger charge is 2.12. The number of para-hydroxylation sites is 1. The normalized spacial score (nSPS) is 11.7. The van der Waals surface area contributed by atoms with E-state index in [1.165, 1.54) is 5.56 Å². The van der Waals surface area contributed by atoms with E-state index in [2.05, 4.69) is 44.4 Å². The summed E-state index contributed by atoms with van der Waals surface area (Å²) in [5.74, 6) is 1.37. The first-order valence-corrected chi connectivity index (χ1v) is 9.75. The predicted molar refractivity (Wildman–Crippen MR) is 116 cm³/mol. The van der Waals surface area contributed by atoms with E-state index >= 15 is 0 Å². The summed E-state index contributed by atoms with van der Waals surface area (Å²) in [6, 6.07) is 15.1. The van der Waals surface area contributed by atoms with Gasteiger partial charge in [-0.05, 0) is 66.4 Å². The fourth-order valence-electron chi connectivity index (χ4n) is 2.55. The van der Waals surface area contributed by atoms with Gasteiger partial charge in [0.25, 0.3) is 5.91 Å². The van der Waals surface area contributed by atoms with Crippen LogP contribution < -0.4 is 15.4 Å². The molecule has 0 fully saturated rings. The van der Waals surface area contributed by atoms with Crippen LogP contribution in [-0.2, 0) is 0 Å². The molecule has 4 nitrogen and oxygen atoms in total. The monoisotopic (exact) mass is 384 g/mol. The van der Waals surface area contributed by atoms with Gasteiger partial charge in [-0.15, -0.1) is 0 Å². The zero-order chi connectivity index (χ0) is 19.8. The molecule has 0 aliphatic rings. The molecule has 2 aromatic carbocycles. The highest BCUT2D eigenvalue weighted by atomic mass is 32.1. The Morgan fingerprint density at radius 3 is 2.37 bits per heavy atom. The lowest BCUT2D eigenvalue weighted by atomic mass is 9.97. The number of amides is 1. The van der Waals surface area contributed by atoms with Crippen molar-refractivity contribution < 1.29 is 9.53 Å². The number of nitrogens with one attached hydrogen (secondary N) is 2. The molecule has 144 valence electrons. The Morgan fingerprint density at radius 1 is 1.07 bits per heavy atom. The number of ether oxygens (including phenoxy) is 1. The van der Waals surface area contributed by atoms with E-state index in [0.29, 0.717) is 24.0 Å². The number of carbonyl (C=O) groups is 1. The molecule has 1 unspecified atom stereocenters. The first-order chi connectivity index (χ1) is 12.9. The second-order valence-corrected chi connectivity index (χ2v) is 7.44. The van der Waals surface area contributed by atoms with Gasteiger partial charge in [-0.25, -0.2) is 0 Å². The van der Waals surface area contributed by atoms with E-state index in [-0.39, 0.29) is 11.0 Å². The van der Waals surface area contributed by atoms with Gasteiger partial charge in [-0.2, -0.15) is 0 Å². The summed E-state index contributed by atoms with van der Waals surface area (Å²) in [5, 5.41) is 6.17. The summed E-state index contributed by atoms with van der Waals surface area (Å²) in [4.78, 5) is 12.4. The Bertz CT molecular complexity index is 772. The van der Waals surface area contributed by atoms with Crippen molar-refractivity contribution >= 4 is 28.9 Å². The molecule has 27 heavy (non-hydrogen) atoms. The summed E-state index contributed by atoms with van der Waals surface area (Å²) in [6.45, 7) is 9.15. The van der Waals surface area contributed by atoms with Crippen molar-refractivity contribution in [2.75, 3.05) is 11.9 Å². The molecule has 0 aliphatic heterocycles. The Balaban J connectivity index is 1.97. The molecule has 5 heteroatoms. The standard InChI is InChI=1S/C22H28N2O2S/c1-5-16(4)19-8-6-7-9-20(19)23-22(27)24-21(25)17-10-12-18(13-11-17)26-14-15(2)3/h6-13,15-16H,5,14H2,1-4H3,(H2,23,24,25,27). The zero-order valence-electron chi connectivity index (χ0n) is 16.4. The highest BCUT2D eigenvalue weighted by Crippen LogP contribution is 2.26. The van der Waals surface area contributed by atoms with Crippen molar-refractivity contribution in [1.82, 2.24) is 5.32 Å². The molecule has 0 aromatic heterocycles. The fraction of sp³-hybridized carbons (Fsp3) is 0.364. The summed E-state index contributed by atoms with van der Waals surface area (Å²) in [6.07, 6.45) is 1.03. The third-order valence-electron chi connectivity index (χ3n) is 4.28. The molecule has 2 aromatic rings. The summed E-state index contributed by atoms with van der Waals surface area (Å²) < 4.78 is 5.64. The zero-order valence-corrected chi connectivity index (χ0v) is 17.2. The minimum absolute atomic E-state index is 0.246. The molecule has 1 amide bonds. The minimum Gasteiger partial charge on any atom is -0.493 e. The first-order valence-electron chi connectivity index (χ1n) is 9.34. The Hall–Kier alpha value is -2.40.